The van der Waals surface area contributed by atoms with E-state index in [-0.39, 0.29) is 0 Å². The van der Waals surface area contributed by atoms with E-state index in [1.807, 2.05) is 17.8 Å². The van der Waals surface area contributed by atoms with Crippen LogP contribution in [0.4, 0.5) is 0 Å². The molecule has 0 aliphatic carbocycles. The van der Waals surface area contributed by atoms with Crippen LogP contribution in [0, 0.1) is 25.7 Å². The fourth-order valence-corrected chi connectivity index (χ4v) is 0.853. The van der Waals surface area contributed by atoms with Crippen LogP contribution in [0.5, 0.6) is 0 Å². The van der Waals surface area contributed by atoms with E-state index < -0.39 is 0 Å². The number of nitrogens with zero attached hydrogens (tertiary/aromatic N) is 2. The average Bonchev–Trinajstić information content (AvgIpc) is 2.31. The Morgan fingerprint density at radius 1 is 1.55 bits per heavy atom. The first-order valence-corrected chi connectivity index (χ1v) is 3.64. The van der Waals surface area contributed by atoms with Gasteiger partial charge in [0.25, 0.3) is 0 Å². The smallest absolute Gasteiger partial charge is 0.102 e. The molecule has 2 heteroatoms. The molecule has 0 unspecified atom stereocenters. The minimum atomic E-state index is 0.705. The van der Waals surface area contributed by atoms with Crippen molar-refractivity contribution in [3.63, 3.8) is 0 Å². The van der Waals surface area contributed by atoms with E-state index in [2.05, 4.69) is 30.8 Å². The molecule has 0 amide bonds. The van der Waals surface area contributed by atoms with Gasteiger partial charge in [-0.1, -0.05) is 5.92 Å². The second kappa shape index (κ2) is 3.25. The van der Waals surface area contributed by atoms with Crippen molar-refractivity contribution in [2.45, 2.75) is 27.3 Å². The van der Waals surface area contributed by atoms with Crippen LogP contribution in [0.3, 0.4) is 0 Å². The molecule has 0 bridgehead atoms. The quantitative estimate of drug-likeness (QED) is 0.552. The van der Waals surface area contributed by atoms with Gasteiger partial charge in [0.1, 0.15) is 6.54 Å². The van der Waals surface area contributed by atoms with Crippen LogP contribution >= 0.6 is 0 Å². The van der Waals surface area contributed by atoms with Crippen molar-refractivity contribution in [1.29, 1.82) is 0 Å². The van der Waals surface area contributed by atoms with Gasteiger partial charge in [-0.25, -0.2) is 0 Å². The number of aryl methyl sites for hydroxylation is 1. The minimum absolute atomic E-state index is 0.705. The third kappa shape index (κ3) is 1.62. The molecule has 1 heterocycles. The second-order valence-electron chi connectivity index (χ2n) is 2.50. The van der Waals surface area contributed by atoms with Crippen molar-refractivity contribution >= 4 is 0 Å². The summed E-state index contributed by atoms with van der Waals surface area (Å²) in [7, 11) is 0. The van der Waals surface area contributed by atoms with E-state index in [1.165, 1.54) is 11.3 Å². The molecule has 2 nitrogen and oxygen atoms in total. The predicted molar refractivity (Wildman–Crippen MR) is 45.2 cm³/mol. The standard InChI is InChI=1S/C9H12N2/c1-4-5-6-11-9(3)8(2)7-10-11/h7H,6H2,1-3H3. The zero-order valence-corrected chi connectivity index (χ0v) is 7.18. The summed E-state index contributed by atoms with van der Waals surface area (Å²) in [6.07, 6.45) is 1.87. The zero-order chi connectivity index (χ0) is 8.27. The summed E-state index contributed by atoms with van der Waals surface area (Å²) in [6, 6.07) is 0. The van der Waals surface area contributed by atoms with Gasteiger partial charge in [-0.2, -0.15) is 5.10 Å². The summed E-state index contributed by atoms with van der Waals surface area (Å²) >= 11 is 0. The molecule has 0 aromatic carbocycles. The van der Waals surface area contributed by atoms with Crippen molar-refractivity contribution < 1.29 is 0 Å². The van der Waals surface area contributed by atoms with Crippen molar-refractivity contribution in [1.82, 2.24) is 9.78 Å². The summed E-state index contributed by atoms with van der Waals surface area (Å²) in [5.41, 5.74) is 2.43. The first-order valence-electron chi connectivity index (χ1n) is 3.64. The molecule has 0 saturated carbocycles. The lowest BCUT2D eigenvalue weighted by molar-refractivity contribution is 0.690. The molecule has 0 radical (unpaired) electrons. The summed E-state index contributed by atoms with van der Waals surface area (Å²) in [5.74, 6) is 5.81. The molecule has 1 rings (SSSR count). The van der Waals surface area contributed by atoms with E-state index in [9.17, 15) is 0 Å². The maximum atomic E-state index is 4.17. The van der Waals surface area contributed by atoms with Gasteiger partial charge in [0.2, 0.25) is 0 Å². The van der Waals surface area contributed by atoms with Crippen LogP contribution in [0.2, 0.25) is 0 Å². The van der Waals surface area contributed by atoms with Crippen LogP contribution in [-0.4, -0.2) is 9.78 Å². The molecule has 1 aromatic heterocycles. The molecule has 58 valence electrons. The van der Waals surface area contributed by atoms with Gasteiger partial charge < -0.3 is 0 Å². The van der Waals surface area contributed by atoms with Gasteiger partial charge in [-0.05, 0) is 26.3 Å². The topological polar surface area (TPSA) is 17.8 Å². The van der Waals surface area contributed by atoms with Crippen molar-refractivity contribution in [2.75, 3.05) is 0 Å². The highest BCUT2D eigenvalue weighted by atomic mass is 15.3. The van der Waals surface area contributed by atoms with E-state index in [0.29, 0.717) is 6.54 Å². The number of hydrogen-bond donors (Lipinski definition) is 0. The first-order chi connectivity index (χ1) is 5.25. The maximum Gasteiger partial charge on any atom is 0.102 e. The number of aromatic nitrogens is 2. The highest BCUT2D eigenvalue weighted by Crippen LogP contribution is 2.03. The third-order valence-corrected chi connectivity index (χ3v) is 1.75. The van der Waals surface area contributed by atoms with Gasteiger partial charge >= 0.3 is 0 Å². The summed E-state index contributed by atoms with van der Waals surface area (Å²) < 4.78 is 1.91. The third-order valence-electron chi connectivity index (χ3n) is 1.75. The summed E-state index contributed by atoms with van der Waals surface area (Å²) in [4.78, 5) is 0. The first kappa shape index (κ1) is 7.87. The lowest BCUT2D eigenvalue weighted by Gasteiger charge is -1.96. The van der Waals surface area contributed by atoms with Gasteiger partial charge in [0.15, 0.2) is 0 Å². The Morgan fingerprint density at radius 2 is 2.27 bits per heavy atom. The Kier molecular flexibility index (Phi) is 2.32. The van der Waals surface area contributed by atoms with Crippen LogP contribution in [0.15, 0.2) is 6.20 Å². The van der Waals surface area contributed by atoms with Gasteiger partial charge in [0.05, 0.1) is 6.20 Å². The fourth-order valence-electron chi connectivity index (χ4n) is 0.853. The molecular weight excluding hydrogens is 136 g/mol. The van der Waals surface area contributed by atoms with Crippen molar-refractivity contribution in [3.8, 4) is 11.8 Å². The van der Waals surface area contributed by atoms with Crippen LogP contribution < -0.4 is 0 Å². The number of hydrogen-bond acceptors (Lipinski definition) is 1. The van der Waals surface area contributed by atoms with Gasteiger partial charge in [-0.3, -0.25) is 4.68 Å². The van der Waals surface area contributed by atoms with E-state index in [1.54, 1.807) is 0 Å². The molecule has 0 saturated heterocycles. The Morgan fingerprint density at radius 3 is 2.73 bits per heavy atom. The normalized spacial score (nSPS) is 9.00. The molecule has 0 N–H and O–H groups in total. The molecule has 0 spiro atoms. The average molecular weight is 148 g/mol. The maximum absolute atomic E-state index is 4.17. The van der Waals surface area contributed by atoms with Crippen LogP contribution in [0.1, 0.15) is 18.2 Å². The summed E-state index contributed by atoms with van der Waals surface area (Å²) in [5, 5.41) is 4.17. The van der Waals surface area contributed by atoms with E-state index in [4.69, 9.17) is 0 Å². The highest BCUT2D eigenvalue weighted by molar-refractivity contribution is 5.14. The molecule has 0 atom stereocenters. The minimum Gasteiger partial charge on any atom is -0.258 e. The molecular formula is C9H12N2. The summed E-state index contributed by atoms with van der Waals surface area (Å²) in [6.45, 7) is 6.65. The van der Waals surface area contributed by atoms with E-state index in [0.717, 1.165) is 0 Å². The monoisotopic (exact) mass is 148 g/mol. The second-order valence-corrected chi connectivity index (χ2v) is 2.50. The van der Waals surface area contributed by atoms with E-state index >= 15 is 0 Å². The van der Waals surface area contributed by atoms with Gasteiger partial charge in [0, 0.05) is 5.69 Å². The molecule has 11 heavy (non-hydrogen) atoms. The lowest BCUT2D eigenvalue weighted by atomic mass is 10.3. The van der Waals surface area contributed by atoms with Crippen LogP contribution in [0.25, 0.3) is 0 Å². The molecule has 1 aromatic rings. The number of rotatable bonds is 1. The molecule has 0 aliphatic heterocycles. The SMILES string of the molecule is CC#CCn1ncc(C)c1C. The van der Waals surface area contributed by atoms with Crippen LogP contribution in [-0.2, 0) is 6.54 Å². The molecule has 0 aliphatic rings. The lowest BCUT2D eigenvalue weighted by Crippen LogP contribution is -1.99. The highest BCUT2D eigenvalue weighted by Gasteiger charge is 1.98. The van der Waals surface area contributed by atoms with Crippen molar-refractivity contribution in [2.24, 2.45) is 0 Å². The Hall–Kier alpha value is -1.23. The fraction of sp³-hybridized carbons (Fsp3) is 0.444. The van der Waals surface area contributed by atoms with Crippen molar-refractivity contribution in [3.05, 3.63) is 17.5 Å². The molecule has 0 fully saturated rings. The Balaban J connectivity index is 2.84. The predicted octanol–water partition coefficient (Wildman–Crippen LogP) is 1.52. The van der Waals surface area contributed by atoms with Gasteiger partial charge in [-0.15, -0.1) is 5.92 Å². The Bertz CT molecular complexity index is 299. The largest absolute Gasteiger partial charge is 0.258 e. The Labute approximate surface area is 67.2 Å². The zero-order valence-electron chi connectivity index (χ0n) is 7.18.